The van der Waals surface area contributed by atoms with Crippen molar-refractivity contribution in [2.75, 3.05) is 0 Å². The Morgan fingerprint density at radius 3 is 1.87 bits per heavy atom. The molecular formula is C6H8F4O4S. The van der Waals surface area contributed by atoms with Gasteiger partial charge in [0.2, 0.25) is 0 Å². The second-order valence-electron chi connectivity index (χ2n) is 2.88. The zero-order chi connectivity index (χ0) is 12.4. The maximum Gasteiger partial charge on any atom is 0.418 e. The van der Waals surface area contributed by atoms with E-state index in [4.69, 9.17) is 0 Å². The van der Waals surface area contributed by atoms with Gasteiger partial charge in [0.25, 0.3) is 5.25 Å². The van der Waals surface area contributed by atoms with Crippen LogP contribution in [0.3, 0.4) is 0 Å². The van der Waals surface area contributed by atoms with Gasteiger partial charge in [-0.3, -0.25) is 4.79 Å². The highest BCUT2D eigenvalue weighted by molar-refractivity contribution is 7.87. The van der Waals surface area contributed by atoms with E-state index in [1.165, 1.54) is 13.8 Å². The fourth-order valence-corrected chi connectivity index (χ4v) is 1.31. The third-order valence-corrected chi connectivity index (χ3v) is 2.17. The Hall–Kier alpha value is -0.860. The second-order valence-corrected chi connectivity index (χ2v) is 4.31. The van der Waals surface area contributed by atoms with Crippen LogP contribution in [0.25, 0.3) is 0 Å². The molecule has 15 heavy (non-hydrogen) atoms. The molecule has 0 aliphatic heterocycles. The Morgan fingerprint density at radius 1 is 1.27 bits per heavy atom. The van der Waals surface area contributed by atoms with Gasteiger partial charge in [0.1, 0.15) is 0 Å². The van der Waals surface area contributed by atoms with E-state index in [1.807, 2.05) is 0 Å². The molecule has 90 valence electrons. The number of carbonyl (C=O) groups is 1. The quantitative estimate of drug-likeness (QED) is 0.429. The third-order valence-electron chi connectivity index (χ3n) is 1.14. The SMILES string of the molecule is CC(C)OC(=O)C(C(F)(F)F)S(=O)(=O)F. The van der Waals surface area contributed by atoms with Crippen molar-refractivity contribution in [3.05, 3.63) is 0 Å². The summed E-state index contributed by atoms with van der Waals surface area (Å²) >= 11 is 0. The molecule has 0 N–H and O–H groups in total. The molecule has 0 spiro atoms. The van der Waals surface area contributed by atoms with E-state index >= 15 is 0 Å². The largest absolute Gasteiger partial charge is 0.462 e. The van der Waals surface area contributed by atoms with Gasteiger partial charge < -0.3 is 4.74 Å². The number of hydrogen-bond acceptors (Lipinski definition) is 4. The lowest BCUT2D eigenvalue weighted by Gasteiger charge is -2.16. The summed E-state index contributed by atoms with van der Waals surface area (Å²) in [6, 6.07) is 0. The van der Waals surface area contributed by atoms with Gasteiger partial charge in [0.15, 0.2) is 0 Å². The topological polar surface area (TPSA) is 60.4 Å². The molecule has 9 heteroatoms. The molecule has 0 aliphatic carbocycles. The fourth-order valence-electron chi connectivity index (χ4n) is 0.702. The summed E-state index contributed by atoms with van der Waals surface area (Å²) in [4.78, 5) is 10.7. The zero-order valence-corrected chi connectivity index (χ0v) is 8.52. The highest BCUT2D eigenvalue weighted by Crippen LogP contribution is 2.28. The number of rotatable bonds is 3. The predicted molar refractivity (Wildman–Crippen MR) is 41.1 cm³/mol. The lowest BCUT2D eigenvalue weighted by molar-refractivity contribution is -0.172. The number of hydrogen-bond donors (Lipinski definition) is 0. The molecule has 0 amide bonds. The van der Waals surface area contributed by atoms with Crippen LogP contribution in [-0.4, -0.2) is 31.9 Å². The van der Waals surface area contributed by atoms with Crippen molar-refractivity contribution in [2.45, 2.75) is 31.4 Å². The van der Waals surface area contributed by atoms with Crippen LogP contribution < -0.4 is 0 Å². The number of halogens is 4. The zero-order valence-electron chi connectivity index (χ0n) is 7.71. The van der Waals surface area contributed by atoms with Crippen LogP contribution in [0.1, 0.15) is 13.8 Å². The smallest absolute Gasteiger partial charge is 0.418 e. The summed E-state index contributed by atoms with van der Waals surface area (Å²) in [5.41, 5.74) is 0. The van der Waals surface area contributed by atoms with E-state index in [-0.39, 0.29) is 0 Å². The molecule has 4 nitrogen and oxygen atoms in total. The van der Waals surface area contributed by atoms with Crippen molar-refractivity contribution < 1.29 is 35.0 Å². The number of ether oxygens (including phenoxy) is 1. The van der Waals surface area contributed by atoms with E-state index in [0.717, 1.165) is 0 Å². The van der Waals surface area contributed by atoms with Crippen LogP contribution in [0, 0.1) is 0 Å². The Labute approximate surface area is 83.4 Å². The van der Waals surface area contributed by atoms with Crippen LogP contribution in [0.4, 0.5) is 17.1 Å². The van der Waals surface area contributed by atoms with Crippen molar-refractivity contribution in [2.24, 2.45) is 0 Å². The summed E-state index contributed by atoms with van der Waals surface area (Å²) in [5, 5.41) is -3.77. The monoisotopic (exact) mass is 252 g/mol. The molecule has 0 saturated heterocycles. The van der Waals surface area contributed by atoms with Crippen molar-refractivity contribution in [1.82, 2.24) is 0 Å². The summed E-state index contributed by atoms with van der Waals surface area (Å²) < 4.78 is 72.4. The Kier molecular flexibility index (Phi) is 4.08. The van der Waals surface area contributed by atoms with Gasteiger partial charge in [-0.05, 0) is 13.8 Å². The lowest BCUT2D eigenvalue weighted by atomic mass is 10.4. The highest BCUT2D eigenvalue weighted by Gasteiger charge is 2.55. The van der Waals surface area contributed by atoms with Gasteiger partial charge in [0, 0.05) is 0 Å². The highest BCUT2D eigenvalue weighted by atomic mass is 32.3. The first-order chi connectivity index (χ1) is 6.46. The van der Waals surface area contributed by atoms with E-state index in [1.54, 1.807) is 0 Å². The van der Waals surface area contributed by atoms with Gasteiger partial charge in [0.05, 0.1) is 6.10 Å². The first-order valence-corrected chi connectivity index (χ1v) is 5.11. The van der Waals surface area contributed by atoms with E-state index in [2.05, 4.69) is 4.74 Å². The standard InChI is InChI=1S/C6H8F4O4S/c1-3(2)14-5(11)4(6(7,8)9)15(10,12)13/h3-4H,1-2H3. The first-order valence-electron chi connectivity index (χ1n) is 3.67. The van der Waals surface area contributed by atoms with Crippen molar-refractivity contribution >= 4 is 16.2 Å². The van der Waals surface area contributed by atoms with Gasteiger partial charge in [-0.15, -0.1) is 3.89 Å². The van der Waals surface area contributed by atoms with Crippen LogP contribution in [0.15, 0.2) is 0 Å². The average molecular weight is 252 g/mol. The molecule has 1 atom stereocenters. The molecule has 0 aromatic carbocycles. The predicted octanol–water partition coefficient (Wildman–Crippen LogP) is 1.17. The van der Waals surface area contributed by atoms with Gasteiger partial charge in [-0.25, -0.2) is 0 Å². The van der Waals surface area contributed by atoms with E-state index in [9.17, 15) is 30.3 Å². The number of alkyl halides is 3. The summed E-state index contributed by atoms with van der Waals surface area (Å²) in [6.45, 7) is 2.41. The van der Waals surface area contributed by atoms with Gasteiger partial charge in [-0.1, -0.05) is 0 Å². The maximum atomic E-state index is 12.2. The van der Waals surface area contributed by atoms with E-state index < -0.39 is 33.7 Å². The normalized spacial score (nSPS) is 15.1. The minimum atomic E-state index is -6.07. The Bertz CT molecular complexity index is 332. The molecule has 0 saturated carbocycles. The molecule has 0 bridgehead atoms. The molecule has 0 aromatic rings. The third kappa shape index (κ3) is 4.45. The molecule has 0 rings (SSSR count). The first kappa shape index (κ1) is 14.1. The Morgan fingerprint density at radius 2 is 1.67 bits per heavy atom. The summed E-state index contributed by atoms with van der Waals surface area (Å²) in [6.07, 6.45) is -6.50. The minimum Gasteiger partial charge on any atom is -0.462 e. The van der Waals surface area contributed by atoms with E-state index in [0.29, 0.717) is 0 Å². The van der Waals surface area contributed by atoms with Crippen molar-refractivity contribution in [3.8, 4) is 0 Å². The lowest BCUT2D eigenvalue weighted by Crippen LogP contribution is -2.43. The van der Waals surface area contributed by atoms with Crippen LogP contribution >= 0.6 is 0 Å². The van der Waals surface area contributed by atoms with Gasteiger partial charge >= 0.3 is 22.4 Å². The molecule has 0 aliphatic rings. The van der Waals surface area contributed by atoms with Crippen molar-refractivity contribution in [1.29, 1.82) is 0 Å². The number of esters is 1. The molecule has 0 fully saturated rings. The molecule has 0 heterocycles. The summed E-state index contributed by atoms with van der Waals surface area (Å²) in [5.74, 6) is -2.17. The molecule has 0 aromatic heterocycles. The van der Waals surface area contributed by atoms with Crippen molar-refractivity contribution in [3.63, 3.8) is 0 Å². The maximum absolute atomic E-state index is 12.2. The molecule has 1 unspecified atom stereocenters. The second kappa shape index (κ2) is 4.33. The minimum absolute atomic E-state index is 0.968. The Balaban J connectivity index is 5.08. The average Bonchev–Trinajstić information content (AvgIpc) is 1.74. The van der Waals surface area contributed by atoms with Gasteiger partial charge in [-0.2, -0.15) is 21.6 Å². The van der Waals surface area contributed by atoms with Crippen LogP contribution in [-0.2, 0) is 19.8 Å². The molecule has 0 radical (unpaired) electrons. The summed E-state index contributed by atoms with van der Waals surface area (Å²) in [7, 11) is -6.07. The van der Waals surface area contributed by atoms with Crippen LogP contribution in [0.5, 0.6) is 0 Å². The van der Waals surface area contributed by atoms with Crippen LogP contribution in [0.2, 0.25) is 0 Å². The number of carbonyl (C=O) groups excluding carboxylic acids is 1. The molecular weight excluding hydrogens is 244 g/mol. The fraction of sp³-hybridized carbons (Fsp3) is 0.833.